The topological polar surface area (TPSA) is 111 Å². The summed E-state index contributed by atoms with van der Waals surface area (Å²) in [6.07, 6.45) is 4.24. The third-order valence-corrected chi connectivity index (χ3v) is 5.93. The first kappa shape index (κ1) is 20.4. The molecule has 2 aliphatic rings. The molecular weight excluding hydrogens is 415 g/mol. The maximum atomic E-state index is 13.9. The van der Waals surface area contributed by atoms with Crippen molar-refractivity contribution in [3.63, 3.8) is 0 Å². The second kappa shape index (κ2) is 8.58. The Hall–Kier alpha value is -3.47. The summed E-state index contributed by atoms with van der Waals surface area (Å²) in [4.78, 5) is 28.5. The molecule has 5 heterocycles. The highest BCUT2D eigenvalue weighted by molar-refractivity contribution is 5.66. The molecule has 2 aliphatic heterocycles. The van der Waals surface area contributed by atoms with Crippen LogP contribution < -0.4 is 15.5 Å². The molecule has 1 unspecified atom stereocenters. The van der Waals surface area contributed by atoms with Gasteiger partial charge in [-0.05, 0) is 31.5 Å². The predicted molar refractivity (Wildman–Crippen MR) is 118 cm³/mol. The molecule has 32 heavy (non-hydrogen) atoms. The van der Waals surface area contributed by atoms with Crippen molar-refractivity contribution < 1.29 is 14.3 Å². The molecule has 11 heteroatoms. The third-order valence-electron chi connectivity index (χ3n) is 5.93. The number of hydrogen-bond donors (Lipinski definition) is 3. The number of piperidine rings is 1. The molecule has 0 spiro atoms. The van der Waals surface area contributed by atoms with Gasteiger partial charge >= 0.3 is 6.09 Å². The fourth-order valence-electron chi connectivity index (χ4n) is 4.22. The average Bonchev–Trinajstić information content (AvgIpc) is 3.23. The molecule has 168 valence electrons. The number of anilines is 2. The van der Waals surface area contributed by atoms with Crippen LogP contribution in [0.25, 0.3) is 17.2 Å². The van der Waals surface area contributed by atoms with E-state index in [0.29, 0.717) is 55.0 Å². The summed E-state index contributed by atoms with van der Waals surface area (Å²) in [5.41, 5.74) is 1.20. The molecular formula is C21H25FN8O2. The maximum absolute atomic E-state index is 13.9. The van der Waals surface area contributed by atoms with Crippen LogP contribution in [0.4, 0.5) is 20.8 Å². The van der Waals surface area contributed by atoms with Crippen molar-refractivity contribution in [2.45, 2.75) is 18.9 Å². The van der Waals surface area contributed by atoms with Crippen molar-refractivity contribution in [3.05, 3.63) is 36.4 Å². The zero-order chi connectivity index (χ0) is 22.1. The standard InChI is InChI=1S/C21H25FN8O2/c22-14-3-4-18-24-12-16(30(18)13-14)20-26-17(25-15-2-1-5-23-11-15)10-19(27-20)28-6-8-29(9-7-28)21(31)32/h3-4,10,12-13,15,23H,1-2,5-9,11H2,(H,31,32)(H,25,26,27). The molecule has 0 aromatic carbocycles. The predicted octanol–water partition coefficient (Wildman–Crippen LogP) is 1.89. The van der Waals surface area contributed by atoms with Gasteiger partial charge in [-0.15, -0.1) is 0 Å². The summed E-state index contributed by atoms with van der Waals surface area (Å²) in [5, 5.41) is 16.1. The van der Waals surface area contributed by atoms with Crippen LogP contribution in [0.1, 0.15) is 12.8 Å². The molecule has 3 N–H and O–H groups in total. The van der Waals surface area contributed by atoms with Crippen LogP contribution in [0.5, 0.6) is 0 Å². The van der Waals surface area contributed by atoms with Crippen LogP contribution in [0.3, 0.4) is 0 Å². The van der Waals surface area contributed by atoms with E-state index in [0.717, 1.165) is 25.9 Å². The number of halogens is 1. The Balaban J connectivity index is 1.50. The van der Waals surface area contributed by atoms with E-state index in [1.807, 2.05) is 6.07 Å². The van der Waals surface area contributed by atoms with E-state index in [1.165, 1.54) is 17.2 Å². The van der Waals surface area contributed by atoms with Crippen molar-refractivity contribution in [2.24, 2.45) is 0 Å². The molecule has 0 bridgehead atoms. The van der Waals surface area contributed by atoms with E-state index < -0.39 is 6.09 Å². The van der Waals surface area contributed by atoms with Gasteiger partial charge in [0.25, 0.3) is 0 Å². The first-order valence-corrected chi connectivity index (χ1v) is 10.8. The molecule has 5 rings (SSSR count). The van der Waals surface area contributed by atoms with Gasteiger partial charge < -0.3 is 25.5 Å². The highest BCUT2D eigenvalue weighted by Gasteiger charge is 2.23. The Morgan fingerprint density at radius 2 is 2.06 bits per heavy atom. The molecule has 2 saturated heterocycles. The van der Waals surface area contributed by atoms with Crippen LogP contribution >= 0.6 is 0 Å². The van der Waals surface area contributed by atoms with Gasteiger partial charge in [-0.3, -0.25) is 4.40 Å². The molecule has 3 aromatic heterocycles. The molecule has 2 fully saturated rings. The molecule has 10 nitrogen and oxygen atoms in total. The fourth-order valence-corrected chi connectivity index (χ4v) is 4.22. The number of nitrogens with one attached hydrogen (secondary N) is 2. The Kier molecular flexibility index (Phi) is 5.48. The number of pyridine rings is 1. The lowest BCUT2D eigenvalue weighted by atomic mass is 10.1. The SMILES string of the molecule is O=C(O)N1CCN(c2cc(NC3CCCNC3)nc(-c3cnc4ccc(F)cn34)n2)CC1. The van der Waals surface area contributed by atoms with Crippen LogP contribution in [0, 0.1) is 5.82 Å². The number of hydrogen-bond acceptors (Lipinski definition) is 7. The molecule has 0 radical (unpaired) electrons. The quantitative estimate of drug-likeness (QED) is 0.564. The van der Waals surface area contributed by atoms with E-state index in [-0.39, 0.29) is 11.9 Å². The van der Waals surface area contributed by atoms with Gasteiger partial charge in [-0.1, -0.05) is 0 Å². The van der Waals surface area contributed by atoms with E-state index in [1.54, 1.807) is 16.7 Å². The summed E-state index contributed by atoms with van der Waals surface area (Å²) in [6.45, 7) is 3.76. The van der Waals surface area contributed by atoms with Gasteiger partial charge in [0, 0.05) is 51.0 Å². The minimum atomic E-state index is -0.909. The smallest absolute Gasteiger partial charge is 0.407 e. The maximum Gasteiger partial charge on any atom is 0.407 e. The second-order valence-electron chi connectivity index (χ2n) is 8.10. The highest BCUT2D eigenvalue weighted by atomic mass is 19.1. The zero-order valence-electron chi connectivity index (χ0n) is 17.5. The summed E-state index contributed by atoms with van der Waals surface area (Å²) in [5.74, 6) is 1.46. The van der Waals surface area contributed by atoms with Crippen LogP contribution in [0.2, 0.25) is 0 Å². The Bertz CT molecular complexity index is 1120. The minimum Gasteiger partial charge on any atom is -0.465 e. The van der Waals surface area contributed by atoms with Crippen molar-refractivity contribution in [1.29, 1.82) is 0 Å². The molecule has 1 amide bonds. The van der Waals surface area contributed by atoms with Gasteiger partial charge in [-0.2, -0.15) is 0 Å². The molecule has 0 saturated carbocycles. The first-order valence-electron chi connectivity index (χ1n) is 10.8. The number of piperazine rings is 1. The fraction of sp³-hybridized carbons (Fsp3) is 0.429. The molecule has 3 aromatic rings. The Morgan fingerprint density at radius 3 is 2.81 bits per heavy atom. The number of rotatable bonds is 4. The number of aromatic nitrogens is 4. The second-order valence-corrected chi connectivity index (χ2v) is 8.10. The van der Waals surface area contributed by atoms with E-state index in [2.05, 4.69) is 20.5 Å². The monoisotopic (exact) mass is 440 g/mol. The van der Waals surface area contributed by atoms with Crippen molar-refractivity contribution in [1.82, 2.24) is 29.6 Å². The van der Waals surface area contributed by atoms with Gasteiger partial charge in [0.05, 0.1) is 6.20 Å². The summed E-state index contributed by atoms with van der Waals surface area (Å²) in [6, 6.07) is 5.13. The molecule has 0 aliphatic carbocycles. The minimum absolute atomic E-state index is 0.253. The average molecular weight is 440 g/mol. The summed E-state index contributed by atoms with van der Waals surface area (Å²) < 4.78 is 15.5. The largest absolute Gasteiger partial charge is 0.465 e. The van der Waals surface area contributed by atoms with E-state index >= 15 is 0 Å². The van der Waals surface area contributed by atoms with Crippen molar-refractivity contribution in [2.75, 3.05) is 49.5 Å². The number of carboxylic acid groups (broad SMARTS) is 1. The van der Waals surface area contributed by atoms with Crippen LogP contribution in [0.15, 0.2) is 30.6 Å². The lowest BCUT2D eigenvalue weighted by molar-refractivity contribution is 0.142. The molecule has 1 atom stereocenters. The summed E-state index contributed by atoms with van der Waals surface area (Å²) >= 11 is 0. The normalized spacial score (nSPS) is 19.3. The Morgan fingerprint density at radius 1 is 1.22 bits per heavy atom. The Labute approximate surface area is 184 Å². The van der Waals surface area contributed by atoms with Gasteiger partial charge in [-0.25, -0.2) is 24.1 Å². The van der Waals surface area contributed by atoms with Crippen molar-refractivity contribution >= 4 is 23.4 Å². The number of amides is 1. The number of fused-ring (bicyclic) bond motifs is 1. The number of nitrogens with zero attached hydrogens (tertiary/aromatic N) is 6. The van der Waals surface area contributed by atoms with E-state index in [9.17, 15) is 14.3 Å². The van der Waals surface area contributed by atoms with Crippen LogP contribution in [-0.2, 0) is 0 Å². The zero-order valence-corrected chi connectivity index (χ0v) is 17.5. The number of imidazole rings is 1. The lowest BCUT2D eigenvalue weighted by Gasteiger charge is -2.34. The van der Waals surface area contributed by atoms with Gasteiger partial charge in [0.15, 0.2) is 5.82 Å². The third kappa shape index (κ3) is 4.15. The van der Waals surface area contributed by atoms with Crippen LogP contribution in [-0.4, -0.2) is 80.8 Å². The summed E-state index contributed by atoms with van der Waals surface area (Å²) in [7, 11) is 0. The highest BCUT2D eigenvalue weighted by Crippen LogP contribution is 2.25. The van der Waals surface area contributed by atoms with Crippen molar-refractivity contribution in [3.8, 4) is 11.5 Å². The van der Waals surface area contributed by atoms with Gasteiger partial charge in [0.2, 0.25) is 0 Å². The van der Waals surface area contributed by atoms with E-state index in [4.69, 9.17) is 9.97 Å². The van der Waals surface area contributed by atoms with Gasteiger partial charge in [0.1, 0.15) is 28.8 Å². The lowest BCUT2D eigenvalue weighted by Crippen LogP contribution is -2.48. The number of carbonyl (C=O) groups is 1. The first-order chi connectivity index (χ1) is 15.6.